The summed E-state index contributed by atoms with van der Waals surface area (Å²) in [7, 11) is 0. The molecule has 0 saturated carbocycles. The minimum atomic E-state index is -0.921. The van der Waals surface area contributed by atoms with Crippen LogP contribution in [-0.2, 0) is 9.53 Å². The topological polar surface area (TPSA) is 55.4 Å². The van der Waals surface area contributed by atoms with Crippen molar-refractivity contribution in [3.8, 4) is 12.3 Å². The van der Waals surface area contributed by atoms with Crippen LogP contribution in [0.25, 0.3) is 0 Å². The number of carbonyl (C=O) groups excluding carboxylic acids is 2. The highest BCUT2D eigenvalue weighted by Crippen LogP contribution is 2.06. The van der Waals surface area contributed by atoms with Crippen molar-refractivity contribution >= 4 is 12.4 Å². The van der Waals surface area contributed by atoms with Gasteiger partial charge in [-0.2, -0.15) is 0 Å². The van der Waals surface area contributed by atoms with Crippen LogP contribution in [0.15, 0.2) is 0 Å². The number of ether oxygens (including phenoxy) is 1. The first-order valence-corrected chi connectivity index (χ1v) is 3.80. The monoisotopic (exact) mass is 183 g/mol. The fraction of sp³-hybridized carbons (Fsp3) is 0.556. The van der Waals surface area contributed by atoms with E-state index in [1.165, 1.54) is 0 Å². The Balaban J connectivity index is 4.03. The summed E-state index contributed by atoms with van der Waals surface area (Å²) < 4.78 is 4.87. The molecule has 0 aliphatic heterocycles. The second-order valence-electron chi connectivity index (χ2n) is 3.43. The summed E-state index contributed by atoms with van der Waals surface area (Å²) in [6.45, 7) is 5.16. The Kier molecular flexibility index (Phi) is 3.99. The second-order valence-corrected chi connectivity index (χ2v) is 3.43. The smallest absolute Gasteiger partial charge is 0.408 e. The highest BCUT2D eigenvalue weighted by Gasteiger charge is 2.17. The lowest BCUT2D eigenvalue weighted by Crippen LogP contribution is -2.39. The summed E-state index contributed by atoms with van der Waals surface area (Å²) in [6.07, 6.45) is 4.71. The molecule has 0 aromatic rings. The molecule has 0 aliphatic carbocycles. The van der Waals surface area contributed by atoms with Crippen molar-refractivity contribution in [2.45, 2.75) is 32.4 Å². The lowest BCUT2D eigenvalue weighted by molar-refractivity contribution is -0.108. The molecule has 0 fully saturated rings. The van der Waals surface area contributed by atoms with Gasteiger partial charge in [-0.15, -0.1) is 6.42 Å². The highest BCUT2D eigenvalue weighted by molar-refractivity contribution is 5.75. The van der Waals surface area contributed by atoms with Gasteiger partial charge in [-0.3, -0.25) is 4.79 Å². The first kappa shape index (κ1) is 11.5. The summed E-state index contributed by atoms with van der Waals surface area (Å²) in [5.41, 5.74) is -0.591. The number of hydrogen-bond donors (Lipinski definition) is 1. The van der Waals surface area contributed by atoms with Crippen molar-refractivity contribution < 1.29 is 14.3 Å². The Bertz CT molecular complexity index is 234. The summed E-state index contributed by atoms with van der Waals surface area (Å²) >= 11 is 0. The van der Waals surface area contributed by atoms with E-state index in [4.69, 9.17) is 11.2 Å². The van der Waals surface area contributed by atoms with E-state index in [2.05, 4.69) is 11.2 Å². The molecule has 1 N–H and O–H groups in total. The molecule has 0 aromatic carbocycles. The van der Waals surface area contributed by atoms with Crippen LogP contribution in [0, 0.1) is 12.3 Å². The molecule has 0 rings (SSSR count). The summed E-state index contributed by atoms with van der Waals surface area (Å²) in [4.78, 5) is 21.2. The van der Waals surface area contributed by atoms with Crippen molar-refractivity contribution in [3.63, 3.8) is 0 Å². The third kappa shape index (κ3) is 5.74. The van der Waals surface area contributed by atoms with Gasteiger partial charge in [-0.1, -0.05) is 5.92 Å². The van der Waals surface area contributed by atoms with Crippen molar-refractivity contribution in [1.29, 1.82) is 0 Å². The van der Waals surface area contributed by atoms with E-state index in [0.29, 0.717) is 6.29 Å². The maximum absolute atomic E-state index is 11.0. The Morgan fingerprint density at radius 3 is 2.46 bits per heavy atom. The van der Waals surface area contributed by atoms with Crippen LogP contribution in [-0.4, -0.2) is 24.0 Å². The van der Waals surface area contributed by atoms with Crippen LogP contribution < -0.4 is 5.32 Å². The summed E-state index contributed by atoms with van der Waals surface area (Å²) in [5, 5.41) is 2.21. The van der Waals surface area contributed by atoms with Crippen molar-refractivity contribution in [1.82, 2.24) is 5.32 Å². The molecule has 0 radical (unpaired) electrons. The molecule has 0 aliphatic rings. The van der Waals surface area contributed by atoms with Crippen molar-refractivity contribution in [2.75, 3.05) is 0 Å². The molecule has 13 heavy (non-hydrogen) atoms. The largest absolute Gasteiger partial charge is 0.444 e. The van der Waals surface area contributed by atoms with Gasteiger partial charge in [0, 0.05) is 0 Å². The molecule has 1 atom stereocenters. The van der Waals surface area contributed by atoms with Gasteiger partial charge in [-0.05, 0) is 20.8 Å². The van der Waals surface area contributed by atoms with Crippen LogP contribution in [0.2, 0.25) is 0 Å². The van der Waals surface area contributed by atoms with Crippen LogP contribution in [0.5, 0.6) is 0 Å². The number of nitrogens with one attached hydrogen (secondary N) is 1. The van der Waals surface area contributed by atoms with Gasteiger partial charge in [0.25, 0.3) is 0 Å². The van der Waals surface area contributed by atoms with Gasteiger partial charge in [-0.25, -0.2) is 4.79 Å². The van der Waals surface area contributed by atoms with Crippen LogP contribution in [0.3, 0.4) is 0 Å². The van der Waals surface area contributed by atoms with E-state index in [1.807, 2.05) is 0 Å². The number of carbonyl (C=O) groups is 2. The average molecular weight is 183 g/mol. The Labute approximate surface area is 77.6 Å². The molecule has 0 heterocycles. The zero-order valence-electron chi connectivity index (χ0n) is 7.96. The van der Waals surface area contributed by atoms with E-state index >= 15 is 0 Å². The van der Waals surface area contributed by atoms with Crippen LogP contribution in [0.1, 0.15) is 20.8 Å². The zero-order valence-corrected chi connectivity index (χ0v) is 7.96. The number of aldehydes is 1. The SMILES string of the molecule is C#CC(C=O)NC(=O)OC(C)(C)C. The highest BCUT2D eigenvalue weighted by atomic mass is 16.6. The normalized spacial score (nSPS) is 12.5. The third-order valence-corrected chi connectivity index (χ3v) is 0.988. The lowest BCUT2D eigenvalue weighted by atomic mass is 10.2. The van der Waals surface area contributed by atoms with Gasteiger partial charge in [0.1, 0.15) is 11.6 Å². The molecule has 0 aromatic heterocycles. The quantitative estimate of drug-likeness (QED) is 0.506. The van der Waals surface area contributed by atoms with E-state index in [0.717, 1.165) is 0 Å². The van der Waals surface area contributed by atoms with Gasteiger partial charge < -0.3 is 10.1 Å². The van der Waals surface area contributed by atoms with E-state index in [1.54, 1.807) is 20.8 Å². The standard InChI is InChI=1S/C9H13NO3/c1-5-7(6-11)10-8(12)13-9(2,3)4/h1,6-7H,2-4H3,(H,10,12). The van der Waals surface area contributed by atoms with Crippen molar-refractivity contribution in [2.24, 2.45) is 0 Å². The van der Waals surface area contributed by atoms with E-state index in [9.17, 15) is 9.59 Å². The van der Waals surface area contributed by atoms with Gasteiger partial charge in [0.05, 0.1) is 0 Å². The molecule has 4 heteroatoms. The predicted octanol–water partition coefficient (Wildman–Crippen LogP) is 0.712. The Morgan fingerprint density at radius 2 is 2.15 bits per heavy atom. The number of hydrogen-bond acceptors (Lipinski definition) is 3. The van der Waals surface area contributed by atoms with Crippen LogP contribution >= 0.6 is 0 Å². The summed E-state index contributed by atoms with van der Waals surface area (Å²) in [6, 6.07) is -0.921. The Hall–Kier alpha value is -1.50. The molecule has 72 valence electrons. The molecule has 1 amide bonds. The maximum Gasteiger partial charge on any atom is 0.408 e. The third-order valence-electron chi connectivity index (χ3n) is 0.988. The minimum Gasteiger partial charge on any atom is -0.444 e. The van der Waals surface area contributed by atoms with E-state index < -0.39 is 17.7 Å². The number of amides is 1. The second kappa shape index (κ2) is 4.51. The van der Waals surface area contributed by atoms with Crippen molar-refractivity contribution in [3.05, 3.63) is 0 Å². The molecular weight excluding hydrogens is 170 g/mol. The number of terminal acetylenes is 1. The first-order valence-electron chi connectivity index (χ1n) is 3.80. The zero-order chi connectivity index (χ0) is 10.5. The Morgan fingerprint density at radius 1 is 1.62 bits per heavy atom. The predicted molar refractivity (Wildman–Crippen MR) is 48.1 cm³/mol. The van der Waals surface area contributed by atoms with Gasteiger partial charge in [0.15, 0.2) is 6.29 Å². The maximum atomic E-state index is 11.0. The fourth-order valence-electron chi connectivity index (χ4n) is 0.549. The minimum absolute atomic E-state index is 0.462. The molecular formula is C9H13NO3. The van der Waals surface area contributed by atoms with Gasteiger partial charge >= 0.3 is 6.09 Å². The average Bonchev–Trinajstić information content (AvgIpc) is 1.96. The molecule has 4 nitrogen and oxygen atoms in total. The molecule has 0 spiro atoms. The molecule has 1 unspecified atom stereocenters. The molecule has 0 saturated heterocycles. The van der Waals surface area contributed by atoms with Crippen LogP contribution in [0.4, 0.5) is 4.79 Å². The van der Waals surface area contributed by atoms with Gasteiger partial charge in [0.2, 0.25) is 0 Å². The number of rotatable bonds is 2. The fourth-order valence-corrected chi connectivity index (χ4v) is 0.549. The number of alkyl carbamates (subject to hydrolysis) is 1. The first-order chi connectivity index (χ1) is 5.89. The van der Waals surface area contributed by atoms with E-state index in [-0.39, 0.29) is 0 Å². The molecule has 0 bridgehead atoms. The lowest BCUT2D eigenvalue weighted by Gasteiger charge is -2.20. The summed E-state index contributed by atoms with van der Waals surface area (Å²) in [5.74, 6) is 2.09.